The number of hydrogen-bond acceptors (Lipinski definition) is 3. The normalized spacial score (nSPS) is 18.9. The first-order chi connectivity index (χ1) is 8.81. The van der Waals surface area contributed by atoms with Gasteiger partial charge in [0.15, 0.2) is 0 Å². The monoisotopic (exact) mass is 272 g/mol. The summed E-state index contributed by atoms with van der Waals surface area (Å²) in [7, 11) is 0. The number of carbonyl (C=O) groups is 1. The molecule has 19 heavy (non-hydrogen) atoms. The Morgan fingerprint density at radius 1 is 1.26 bits per heavy atom. The second-order valence-corrected chi connectivity index (χ2v) is 6.61. The molecule has 0 aromatic heterocycles. The van der Waals surface area contributed by atoms with Crippen molar-refractivity contribution in [2.24, 2.45) is 5.41 Å². The lowest BCUT2D eigenvalue weighted by atomic mass is 9.91. The topological polar surface area (TPSA) is 70.6 Å². The van der Waals surface area contributed by atoms with Gasteiger partial charge in [-0.25, -0.2) is 4.79 Å². The minimum Gasteiger partial charge on any atom is -0.388 e. The van der Waals surface area contributed by atoms with Crippen molar-refractivity contribution in [2.45, 2.75) is 52.1 Å². The minimum atomic E-state index is -0.805. The maximum atomic E-state index is 11.6. The molecule has 1 fully saturated rings. The minimum absolute atomic E-state index is 0.200. The predicted octanol–water partition coefficient (Wildman–Crippen LogP) is 1.65. The SMILES string of the molecule is CC(C)(C)CCCNC(=O)NCC1(O)CCOCC1. The summed E-state index contributed by atoms with van der Waals surface area (Å²) in [6.45, 7) is 8.65. The molecule has 1 aliphatic rings. The summed E-state index contributed by atoms with van der Waals surface area (Å²) in [5.41, 5.74) is -0.504. The van der Waals surface area contributed by atoms with Crippen LogP contribution in [0.25, 0.3) is 0 Å². The molecule has 5 heteroatoms. The van der Waals surface area contributed by atoms with Gasteiger partial charge in [-0.15, -0.1) is 0 Å². The summed E-state index contributed by atoms with van der Waals surface area (Å²) >= 11 is 0. The zero-order chi connectivity index (χ0) is 14.4. The Morgan fingerprint density at radius 3 is 2.47 bits per heavy atom. The Hall–Kier alpha value is -0.810. The second kappa shape index (κ2) is 7.10. The lowest BCUT2D eigenvalue weighted by Gasteiger charge is -2.32. The number of aliphatic hydroxyl groups is 1. The Balaban J connectivity index is 2.10. The van der Waals surface area contributed by atoms with Crippen LogP contribution in [0, 0.1) is 5.41 Å². The molecule has 1 saturated heterocycles. The third-order valence-corrected chi connectivity index (χ3v) is 3.39. The molecule has 0 atom stereocenters. The standard InChI is InChI=1S/C14H28N2O3/c1-13(2,3)5-4-8-15-12(17)16-11-14(18)6-9-19-10-7-14/h18H,4-11H2,1-3H3,(H2,15,16,17). The van der Waals surface area contributed by atoms with Gasteiger partial charge in [0.05, 0.1) is 5.60 Å². The molecule has 112 valence electrons. The first kappa shape index (κ1) is 16.2. The van der Waals surface area contributed by atoms with Crippen LogP contribution in [0.1, 0.15) is 46.5 Å². The van der Waals surface area contributed by atoms with Crippen LogP contribution in [0.2, 0.25) is 0 Å². The largest absolute Gasteiger partial charge is 0.388 e. The molecule has 3 N–H and O–H groups in total. The molecular formula is C14H28N2O3. The summed E-state index contributed by atoms with van der Waals surface area (Å²) in [6.07, 6.45) is 3.21. The molecule has 0 radical (unpaired) electrons. The van der Waals surface area contributed by atoms with Crippen molar-refractivity contribution in [3.63, 3.8) is 0 Å². The van der Waals surface area contributed by atoms with E-state index in [-0.39, 0.29) is 6.03 Å². The van der Waals surface area contributed by atoms with Crippen LogP contribution in [0.4, 0.5) is 4.79 Å². The molecule has 0 spiro atoms. The summed E-state index contributed by atoms with van der Waals surface area (Å²) < 4.78 is 5.19. The van der Waals surface area contributed by atoms with Gasteiger partial charge in [-0.1, -0.05) is 20.8 Å². The van der Waals surface area contributed by atoms with Crippen molar-refractivity contribution in [3.8, 4) is 0 Å². The molecule has 1 rings (SSSR count). The lowest BCUT2D eigenvalue weighted by Crippen LogP contribution is -2.49. The van der Waals surface area contributed by atoms with E-state index >= 15 is 0 Å². The molecule has 5 nitrogen and oxygen atoms in total. The van der Waals surface area contributed by atoms with Crippen molar-refractivity contribution in [3.05, 3.63) is 0 Å². The first-order valence-electron chi connectivity index (χ1n) is 7.13. The number of carbonyl (C=O) groups excluding carboxylic acids is 1. The van der Waals surface area contributed by atoms with E-state index in [1.54, 1.807) is 0 Å². The number of urea groups is 1. The van der Waals surface area contributed by atoms with Crippen LogP contribution in [0.5, 0.6) is 0 Å². The van der Waals surface area contributed by atoms with Crippen molar-refractivity contribution in [1.29, 1.82) is 0 Å². The lowest BCUT2D eigenvalue weighted by molar-refractivity contribution is -0.0600. The summed E-state index contributed by atoms with van der Waals surface area (Å²) in [5.74, 6) is 0. The highest BCUT2D eigenvalue weighted by molar-refractivity contribution is 5.73. The third-order valence-electron chi connectivity index (χ3n) is 3.39. The van der Waals surface area contributed by atoms with Gasteiger partial charge in [-0.2, -0.15) is 0 Å². The highest BCUT2D eigenvalue weighted by Crippen LogP contribution is 2.20. The predicted molar refractivity (Wildman–Crippen MR) is 75.1 cm³/mol. The smallest absolute Gasteiger partial charge is 0.314 e. The van der Waals surface area contributed by atoms with Crippen LogP contribution < -0.4 is 10.6 Å². The molecular weight excluding hydrogens is 244 g/mol. The Kier molecular flexibility index (Phi) is 6.07. The van der Waals surface area contributed by atoms with Gasteiger partial charge in [0, 0.05) is 39.1 Å². The van der Waals surface area contributed by atoms with Crippen LogP contribution in [-0.4, -0.2) is 43.0 Å². The zero-order valence-corrected chi connectivity index (χ0v) is 12.4. The van der Waals surface area contributed by atoms with E-state index in [2.05, 4.69) is 31.4 Å². The van der Waals surface area contributed by atoms with Crippen molar-refractivity contribution < 1.29 is 14.6 Å². The maximum absolute atomic E-state index is 11.6. The van der Waals surface area contributed by atoms with Gasteiger partial charge < -0.3 is 20.5 Å². The number of hydrogen-bond donors (Lipinski definition) is 3. The molecule has 0 bridgehead atoms. The number of amides is 2. The first-order valence-corrected chi connectivity index (χ1v) is 7.13. The fourth-order valence-electron chi connectivity index (χ4n) is 2.06. The van der Waals surface area contributed by atoms with Crippen molar-refractivity contribution >= 4 is 6.03 Å². The Bertz CT molecular complexity index is 281. The molecule has 0 saturated carbocycles. The maximum Gasteiger partial charge on any atom is 0.314 e. The van der Waals surface area contributed by atoms with E-state index in [1.165, 1.54) is 0 Å². The number of nitrogens with one attached hydrogen (secondary N) is 2. The summed E-state index contributed by atoms with van der Waals surface area (Å²) in [4.78, 5) is 11.6. The van der Waals surface area contributed by atoms with Crippen LogP contribution in [-0.2, 0) is 4.74 Å². The van der Waals surface area contributed by atoms with E-state index in [4.69, 9.17) is 4.74 Å². The highest BCUT2D eigenvalue weighted by Gasteiger charge is 2.29. The van der Waals surface area contributed by atoms with Gasteiger partial charge in [-0.3, -0.25) is 0 Å². The van der Waals surface area contributed by atoms with Crippen LogP contribution >= 0.6 is 0 Å². The van der Waals surface area contributed by atoms with E-state index in [0.29, 0.717) is 44.6 Å². The van der Waals surface area contributed by atoms with Gasteiger partial charge in [0.2, 0.25) is 0 Å². The van der Waals surface area contributed by atoms with Gasteiger partial charge in [0.1, 0.15) is 0 Å². The van der Waals surface area contributed by atoms with Gasteiger partial charge in [0.25, 0.3) is 0 Å². The van der Waals surface area contributed by atoms with Crippen molar-refractivity contribution in [1.82, 2.24) is 10.6 Å². The van der Waals surface area contributed by atoms with E-state index < -0.39 is 5.60 Å². The third kappa shape index (κ3) is 7.38. The number of ether oxygens (including phenoxy) is 1. The van der Waals surface area contributed by atoms with E-state index in [1.807, 2.05) is 0 Å². The second-order valence-electron chi connectivity index (χ2n) is 6.61. The number of rotatable bonds is 5. The average Bonchev–Trinajstić information content (AvgIpc) is 2.32. The van der Waals surface area contributed by atoms with Crippen LogP contribution in [0.3, 0.4) is 0 Å². The fraction of sp³-hybridized carbons (Fsp3) is 0.929. The van der Waals surface area contributed by atoms with Gasteiger partial charge in [-0.05, 0) is 18.3 Å². The van der Waals surface area contributed by atoms with Crippen LogP contribution in [0.15, 0.2) is 0 Å². The Morgan fingerprint density at radius 2 is 1.89 bits per heavy atom. The summed E-state index contributed by atoms with van der Waals surface area (Å²) in [6, 6.07) is -0.200. The van der Waals surface area contributed by atoms with Crippen molar-refractivity contribution in [2.75, 3.05) is 26.3 Å². The zero-order valence-electron chi connectivity index (χ0n) is 12.4. The van der Waals surface area contributed by atoms with E-state index in [9.17, 15) is 9.90 Å². The quantitative estimate of drug-likeness (QED) is 0.667. The molecule has 0 aromatic carbocycles. The average molecular weight is 272 g/mol. The highest BCUT2D eigenvalue weighted by atomic mass is 16.5. The molecule has 0 unspecified atom stereocenters. The molecule has 2 amide bonds. The fourth-order valence-corrected chi connectivity index (χ4v) is 2.06. The van der Waals surface area contributed by atoms with Gasteiger partial charge >= 0.3 is 6.03 Å². The Labute approximate surface area is 116 Å². The van der Waals surface area contributed by atoms with E-state index in [0.717, 1.165) is 12.8 Å². The molecule has 1 aliphatic heterocycles. The summed E-state index contributed by atoms with van der Waals surface area (Å²) in [5, 5.41) is 15.7. The molecule has 0 aromatic rings. The molecule has 0 aliphatic carbocycles. The molecule has 1 heterocycles.